The van der Waals surface area contributed by atoms with Crippen molar-refractivity contribution in [3.63, 3.8) is 0 Å². The Kier molecular flexibility index (Phi) is 5.08. The van der Waals surface area contributed by atoms with Crippen molar-refractivity contribution in [2.45, 2.75) is 32.4 Å². The molecule has 0 amide bonds. The van der Waals surface area contributed by atoms with Crippen LogP contribution < -0.4 is 5.48 Å². The van der Waals surface area contributed by atoms with Crippen LogP contribution in [-0.4, -0.2) is 6.04 Å². The molecule has 1 aromatic carbocycles. The lowest BCUT2D eigenvalue weighted by molar-refractivity contribution is -0.0329. The number of hydroxylamine groups is 1. The number of nitrogens with one attached hydrogen (secondary N) is 1. The average Bonchev–Trinajstić information content (AvgIpc) is 2.27. The Bertz CT molecular complexity index is 284. The molecule has 2 atom stereocenters. The molecule has 1 aromatic rings. The minimum Gasteiger partial charge on any atom is -0.294 e. The summed E-state index contributed by atoms with van der Waals surface area (Å²) in [5, 5.41) is 0. The van der Waals surface area contributed by atoms with Crippen molar-refractivity contribution in [2.75, 3.05) is 0 Å². The molecule has 0 saturated carbocycles. The van der Waals surface area contributed by atoms with Crippen molar-refractivity contribution in [2.24, 2.45) is 0 Å². The Labute approximate surface area is 91.9 Å². The third kappa shape index (κ3) is 4.28. The van der Waals surface area contributed by atoms with Crippen LogP contribution in [0.1, 0.15) is 31.9 Å². The fourth-order valence-corrected chi connectivity index (χ4v) is 1.31. The van der Waals surface area contributed by atoms with E-state index < -0.39 is 0 Å². The first-order valence-electron chi connectivity index (χ1n) is 5.31. The molecule has 0 spiro atoms. The zero-order valence-corrected chi connectivity index (χ0v) is 9.44. The Morgan fingerprint density at radius 2 is 2.00 bits per heavy atom. The first-order chi connectivity index (χ1) is 7.24. The molecule has 1 N–H and O–H groups in total. The Balaban J connectivity index is 2.36. The fourth-order valence-electron chi connectivity index (χ4n) is 1.31. The molecule has 2 unspecified atom stereocenters. The lowest BCUT2D eigenvalue weighted by Gasteiger charge is -2.17. The largest absolute Gasteiger partial charge is 0.294 e. The summed E-state index contributed by atoms with van der Waals surface area (Å²) >= 11 is 0. The molecule has 0 aliphatic carbocycles. The number of hydrogen-bond donors (Lipinski definition) is 1. The van der Waals surface area contributed by atoms with Gasteiger partial charge >= 0.3 is 0 Å². The second-order valence-electron chi connectivity index (χ2n) is 3.71. The van der Waals surface area contributed by atoms with Gasteiger partial charge in [0.25, 0.3) is 0 Å². The lowest BCUT2D eigenvalue weighted by atomic mass is 10.1. The highest BCUT2D eigenvalue weighted by Gasteiger charge is 2.06. The summed E-state index contributed by atoms with van der Waals surface area (Å²) in [6, 6.07) is 10.5. The van der Waals surface area contributed by atoms with E-state index in [1.54, 1.807) is 0 Å². The standard InChI is InChI=1S/C13H19NO/c1-4-8-11(2)14-15-12(3)13-9-6-5-7-10-13/h4-7,9-12,14H,1,8H2,2-3H3. The van der Waals surface area contributed by atoms with Gasteiger partial charge in [0.2, 0.25) is 0 Å². The molecule has 0 aliphatic heterocycles. The highest BCUT2D eigenvalue weighted by atomic mass is 16.7. The van der Waals surface area contributed by atoms with Crippen molar-refractivity contribution in [1.29, 1.82) is 0 Å². The topological polar surface area (TPSA) is 21.3 Å². The van der Waals surface area contributed by atoms with Gasteiger partial charge in [0, 0.05) is 6.04 Å². The van der Waals surface area contributed by atoms with Crippen LogP contribution >= 0.6 is 0 Å². The fraction of sp³-hybridized carbons (Fsp3) is 0.385. The summed E-state index contributed by atoms with van der Waals surface area (Å²) in [7, 11) is 0. The smallest absolute Gasteiger partial charge is 0.101 e. The maximum atomic E-state index is 5.54. The van der Waals surface area contributed by atoms with Gasteiger partial charge in [0.1, 0.15) is 6.10 Å². The Morgan fingerprint density at radius 1 is 1.33 bits per heavy atom. The van der Waals surface area contributed by atoms with E-state index >= 15 is 0 Å². The molecule has 0 radical (unpaired) electrons. The number of hydrogen-bond acceptors (Lipinski definition) is 2. The van der Waals surface area contributed by atoms with Crippen LogP contribution in [0.2, 0.25) is 0 Å². The third-order valence-corrected chi connectivity index (χ3v) is 2.24. The molecular formula is C13H19NO. The van der Waals surface area contributed by atoms with E-state index in [1.165, 1.54) is 5.56 Å². The zero-order valence-electron chi connectivity index (χ0n) is 9.44. The van der Waals surface area contributed by atoms with Crippen LogP contribution in [-0.2, 0) is 4.84 Å². The maximum absolute atomic E-state index is 5.54. The van der Waals surface area contributed by atoms with Crippen LogP contribution in [0.25, 0.3) is 0 Å². The maximum Gasteiger partial charge on any atom is 0.101 e. The van der Waals surface area contributed by atoms with Crippen molar-refractivity contribution in [3.8, 4) is 0 Å². The van der Waals surface area contributed by atoms with E-state index in [-0.39, 0.29) is 6.10 Å². The van der Waals surface area contributed by atoms with Gasteiger partial charge in [-0.25, -0.2) is 0 Å². The van der Waals surface area contributed by atoms with Gasteiger partial charge in [-0.1, -0.05) is 36.4 Å². The highest BCUT2D eigenvalue weighted by Crippen LogP contribution is 2.14. The normalized spacial score (nSPS) is 14.5. The minimum atomic E-state index is 0.0680. The van der Waals surface area contributed by atoms with Crippen LogP contribution in [0.4, 0.5) is 0 Å². The van der Waals surface area contributed by atoms with Gasteiger partial charge in [-0.15, -0.1) is 6.58 Å². The van der Waals surface area contributed by atoms with E-state index in [0.29, 0.717) is 6.04 Å². The van der Waals surface area contributed by atoms with E-state index in [0.717, 1.165) is 6.42 Å². The third-order valence-electron chi connectivity index (χ3n) is 2.24. The predicted octanol–water partition coefficient (Wildman–Crippen LogP) is 3.23. The summed E-state index contributed by atoms with van der Waals surface area (Å²) < 4.78 is 0. The van der Waals surface area contributed by atoms with E-state index in [2.05, 4.69) is 31.1 Å². The average molecular weight is 205 g/mol. The molecule has 0 fully saturated rings. The summed E-state index contributed by atoms with van der Waals surface area (Å²) in [4.78, 5) is 5.54. The SMILES string of the molecule is C=CCC(C)NOC(C)c1ccccc1. The van der Waals surface area contributed by atoms with Gasteiger partial charge < -0.3 is 0 Å². The molecule has 0 saturated heterocycles. The summed E-state index contributed by atoms with van der Waals surface area (Å²) in [6.45, 7) is 7.79. The molecule has 2 heteroatoms. The van der Waals surface area contributed by atoms with Crippen LogP contribution in [0, 0.1) is 0 Å². The van der Waals surface area contributed by atoms with Gasteiger partial charge in [-0.2, -0.15) is 5.48 Å². The van der Waals surface area contributed by atoms with Gasteiger partial charge in [0.05, 0.1) is 0 Å². The first-order valence-corrected chi connectivity index (χ1v) is 5.31. The molecule has 0 heterocycles. The molecule has 2 nitrogen and oxygen atoms in total. The zero-order chi connectivity index (χ0) is 11.1. The lowest BCUT2D eigenvalue weighted by Crippen LogP contribution is -2.26. The van der Waals surface area contributed by atoms with E-state index in [4.69, 9.17) is 4.84 Å². The van der Waals surface area contributed by atoms with Crippen molar-refractivity contribution < 1.29 is 4.84 Å². The molecule has 0 bridgehead atoms. The second kappa shape index (κ2) is 6.38. The molecule has 0 aromatic heterocycles. The second-order valence-corrected chi connectivity index (χ2v) is 3.71. The van der Waals surface area contributed by atoms with Gasteiger partial charge in [-0.05, 0) is 25.8 Å². The minimum absolute atomic E-state index is 0.0680. The predicted molar refractivity (Wildman–Crippen MR) is 63.4 cm³/mol. The quantitative estimate of drug-likeness (QED) is 0.568. The molecule has 82 valence electrons. The van der Waals surface area contributed by atoms with Crippen LogP contribution in [0.3, 0.4) is 0 Å². The van der Waals surface area contributed by atoms with Crippen molar-refractivity contribution >= 4 is 0 Å². The number of rotatable bonds is 6. The monoisotopic (exact) mass is 205 g/mol. The van der Waals surface area contributed by atoms with Crippen LogP contribution in [0.15, 0.2) is 43.0 Å². The molecule has 0 aliphatic rings. The van der Waals surface area contributed by atoms with E-state index in [9.17, 15) is 0 Å². The molecule has 1 rings (SSSR count). The van der Waals surface area contributed by atoms with Gasteiger partial charge in [0.15, 0.2) is 0 Å². The van der Waals surface area contributed by atoms with Gasteiger partial charge in [-0.3, -0.25) is 4.84 Å². The van der Waals surface area contributed by atoms with Crippen molar-refractivity contribution in [3.05, 3.63) is 48.6 Å². The highest BCUT2D eigenvalue weighted by molar-refractivity contribution is 5.16. The van der Waals surface area contributed by atoms with E-state index in [1.807, 2.05) is 31.2 Å². The van der Waals surface area contributed by atoms with Crippen molar-refractivity contribution in [1.82, 2.24) is 5.48 Å². The summed E-state index contributed by atoms with van der Waals surface area (Å²) in [5.41, 5.74) is 4.19. The Morgan fingerprint density at radius 3 is 2.60 bits per heavy atom. The Hall–Kier alpha value is -1.12. The molecule has 15 heavy (non-hydrogen) atoms. The van der Waals surface area contributed by atoms with Crippen LogP contribution in [0.5, 0.6) is 0 Å². The summed E-state index contributed by atoms with van der Waals surface area (Å²) in [6.07, 6.45) is 2.86. The number of benzene rings is 1. The molecular weight excluding hydrogens is 186 g/mol. The first kappa shape index (κ1) is 12.0. The summed E-state index contributed by atoms with van der Waals surface area (Å²) in [5.74, 6) is 0.